The van der Waals surface area contributed by atoms with Crippen LogP contribution in [0.1, 0.15) is 21.5 Å². The Bertz CT molecular complexity index is 1600. The van der Waals surface area contributed by atoms with Crippen LogP contribution < -0.4 is 0 Å². The van der Waals surface area contributed by atoms with Crippen molar-refractivity contribution in [2.24, 2.45) is 0 Å². The predicted octanol–water partition coefficient (Wildman–Crippen LogP) is 7.82. The van der Waals surface area contributed by atoms with Crippen LogP contribution in [0.3, 0.4) is 0 Å². The first kappa shape index (κ1) is 25.7. The second-order valence-corrected chi connectivity index (χ2v) is 11.0. The van der Waals surface area contributed by atoms with Crippen molar-refractivity contribution >= 4 is 84.8 Å². The molecule has 1 aliphatic heterocycles. The van der Waals surface area contributed by atoms with Crippen molar-refractivity contribution in [1.82, 2.24) is 9.47 Å². The number of ketones is 1. The zero-order valence-corrected chi connectivity index (χ0v) is 22.8. The van der Waals surface area contributed by atoms with Gasteiger partial charge >= 0.3 is 0 Å². The van der Waals surface area contributed by atoms with E-state index < -0.39 is 17.0 Å². The summed E-state index contributed by atoms with van der Waals surface area (Å²) in [5, 5.41) is 1.06. The van der Waals surface area contributed by atoms with E-state index >= 15 is 0 Å². The molecule has 1 fully saturated rings. The molecule has 10 heteroatoms. The van der Waals surface area contributed by atoms with Gasteiger partial charge in [-0.1, -0.05) is 45.2 Å². The first-order valence-corrected chi connectivity index (χ1v) is 13.3. The van der Waals surface area contributed by atoms with Gasteiger partial charge in [0.15, 0.2) is 5.78 Å². The summed E-state index contributed by atoms with van der Waals surface area (Å²) in [6.07, 6.45) is 3.40. The van der Waals surface area contributed by atoms with Crippen LogP contribution in [-0.2, 0) is 11.3 Å². The number of nitrogens with zero attached hydrogens (tertiary/aromatic N) is 2. The molecule has 5 nitrogen and oxygen atoms in total. The smallest absolute Gasteiger partial charge is 0.293 e. The minimum Gasteiger partial charge on any atom is -0.342 e. The summed E-state index contributed by atoms with van der Waals surface area (Å²) in [7, 11) is 0. The van der Waals surface area contributed by atoms with Crippen LogP contribution in [0, 0.1) is 5.82 Å². The van der Waals surface area contributed by atoms with Crippen LogP contribution in [0.5, 0.6) is 0 Å². The highest BCUT2D eigenvalue weighted by molar-refractivity contribution is 9.10. The van der Waals surface area contributed by atoms with E-state index in [1.807, 2.05) is 22.8 Å². The molecular formula is C27H16BrCl2FN2O3S. The second kappa shape index (κ2) is 10.5. The number of aromatic nitrogens is 1. The van der Waals surface area contributed by atoms with Crippen molar-refractivity contribution in [3.8, 4) is 0 Å². The molecule has 0 atom stereocenters. The van der Waals surface area contributed by atoms with Gasteiger partial charge in [0.1, 0.15) is 5.82 Å². The van der Waals surface area contributed by atoms with Gasteiger partial charge in [-0.25, -0.2) is 4.39 Å². The van der Waals surface area contributed by atoms with Crippen molar-refractivity contribution in [3.05, 3.63) is 109 Å². The minimum absolute atomic E-state index is 0.175. The lowest BCUT2D eigenvalue weighted by Gasteiger charge is -2.11. The van der Waals surface area contributed by atoms with Crippen molar-refractivity contribution in [3.63, 3.8) is 0 Å². The molecule has 37 heavy (non-hydrogen) atoms. The first-order chi connectivity index (χ1) is 17.7. The third-order valence-electron chi connectivity index (χ3n) is 5.89. The number of imide groups is 1. The average molecular weight is 618 g/mol. The minimum atomic E-state index is -0.551. The molecule has 0 aliphatic carbocycles. The number of hydrogen-bond donors (Lipinski definition) is 0. The van der Waals surface area contributed by atoms with Crippen molar-refractivity contribution in [2.75, 3.05) is 6.54 Å². The van der Waals surface area contributed by atoms with Crippen LogP contribution in [0.25, 0.3) is 17.0 Å². The van der Waals surface area contributed by atoms with Crippen LogP contribution in [0.2, 0.25) is 10.0 Å². The number of benzene rings is 3. The summed E-state index contributed by atoms with van der Waals surface area (Å²) < 4.78 is 17.1. The van der Waals surface area contributed by atoms with Gasteiger partial charge in [-0.15, -0.1) is 0 Å². The largest absolute Gasteiger partial charge is 0.342 e. The fourth-order valence-corrected chi connectivity index (χ4v) is 5.58. The Morgan fingerprint density at radius 1 is 1.05 bits per heavy atom. The number of rotatable bonds is 6. The van der Waals surface area contributed by atoms with Crippen molar-refractivity contribution < 1.29 is 18.8 Å². The fourth-order valence-electron chi connectivity index (χ4n) is 4.04. The maximum atomic E-state index is 14.5. The standard InChI is InChI=1S/C27H16BrCl2FN2O3S/c28-17-6-9-23-19(11-17)16(12-32(23)13-20-21(30)2-1-3-22(20)31)10-25-26(35)33(27(36)37-25)14-24(34)15-4-7-18(29)8-5-15/h1-12H,13-14H2/b25-10-. The normalized spacial score (nSPS) is 14.8. The Kier molecular flexibility index (Phi) is 7.27. The SMILES string of the molecule is O=C(CN1C(=O)S/C(=C\c2cn(Cc3c(F)cccc3Cl)c3ccc(Br)cc23)C1=O)c1ccc(Cl)cc1. The molecule has 0 spiro atoms. The molecule has 186 valence electrons. The monoisotopic (exact) mass is 616 g/mol. The Balaban J connectivity index is 1.47. The van der Waals surface area contributed by atoms with Crippen LogP contribution in [0.4, 0.5) is 9.18 Å². The summed E-state index contributed by atoms with van der Waals surface area (Å²) in [5.74, 6) is -1.34. The molecule has 3 aromatic carbocycles. The number of Topliss-reactive ketones (excluding diaryl/α,β-unsaturated/α-hetero) is 1. The number of halogens is 4. The molecule has 2 amide bonds. The highest BCUT2D eigenvalue weighted by Gasteiger charge is 2.36. The lowest BCUT2D eigenvalue weighted by Crippen LogP contribution is -2.33. The number of fused-ring (bicyclic) bond motifs is 1. The maximum absolute atomic E-state index is 14.5. The average Bonchev–Trinajstić information content (AvgIpc) is 3.33. The molecule has 5 rings (SSSR count). The number of thioether (sulfide) groups is 1. The topological polar surface area (TPSA) is 59.4 Å². The Morgan fingerprint density at radius 2 is 1.81 bits per heavy atom. The lowest BCUT2D eigenvalue weighted by atomic mass is 10.1. The highest BCUT2D eigenvalue weighted by Crippen LogP contribution is 2.35. The molecule has 0 saturated carbocycles. The highest BCUT2D eigenvalue weighted by atomic mass is 79.9. The van der Waals surface area contributed by atoms with Crippen LogP contribution in [-0.4, -0.2) is 32.9 Å². The van der Waals surface area contributed by atoms with E-state index in [1.165, 1.54) is 6.07 Å². The molecule has 0 unspecified atom stereocenters. The van der Waals surface area contributed by atoms with E-state index in [0.717, 1.165) is 32.0 Å². The molecule has 1 aromatic heterocycles. The maximum Gasteiger partial charge on any atom is 0.293 e. The molecule has 1 saturated heterocycles. The lowest BCUT2D eigenvalue weighted by molar-refractivity contribution is -0.122. The van der Waals surface area contributed by atoms with Crippen LogP contribution in [0.15, 0.2) is 76.2 Å². The summed E-state index contributed by atoms with van der Waals surface area (Å²) in [4.78, 5) is 39.5. The van der Waals surface area contributed by atoms with Gasteiger partial charge in [0, 0.05) is 48.3 Å². The molecule has 0 bridgehead atoms. The summed E-state index contributed by atoms with van der Waals surface area (Å²) in [6.45, 7) is -0.197. The van der Waals surface area contributed by atoms with Gasteiger partial charge in [-0.3, -0.25) is 19.3 Å². The third kappa shape index (κ3) is 5.25. The van der Waals surface area contributed by atoms with E-state index in [4.69, 9.17) is 23.2 Å². The van der Waals surface area contributed by atoms with Gasteiger partial charge < -0.3 is 4.57 Å². The van der Waals surface area contributed by atoms with E-state index in [1.54, 1.807) is 48.7 Å². The molecule has 1 aliphatic rings. The molecule has 0 radical (unpaired) electrons. The Hall–Kier alpha value is -2.91. The molecular weight excluding hydrogens is 602 g/mol. The summed E-state index contributed by atoms with van der Waals surface area (Å²) >= 11 is 16.4. The van der Waals surface area contributed by atoms with E-state index in [0.29, 0.717) is 26.7 Å². The Labute approximate surface area is 234 Å². The van der Waals surface area contributed by atoms with Gasteiger partial charge in [0.2, 0.25) is 0 Å². The Morgan fingerprint density at radius 3 is 2.54 bits per heavy atom. The summed E-state index contributed by atoms with van der Waals surface area (Å²) in [6, 6.07) is 16.4. The predicted molar refractivity (Wildman–Crippen MR) is 149 cm³/mol. The van der Waals surface area contributed by atoms with Crippen molar-refractivity contribution in [1.29, 1.82) is 0 Å². The number of carbonyl (C=O) groups is 3. The van der Waals surface area contributed by atoms with Crippen LogP contribution >= 0.6 is 50.9 Å². The van der Waals surface area contributed by atoms with Gasteiger partial charge in [0.25, 0.3) is 11.1 Å². The van der Waals surface area contributed by atoms with E-state index in [-0.39, 0.29) is 23.8 Å². The zero-order chi connectivity index (χ0) is 26.3. The number of carbonyl (C=O) groups excluding carboxylic acids is 3. The van der Waals surface area contributed by atoms with Crippen molar-refractivity contribution in [2.45, 2.75) is 6.54 Å². The number of hydrogen-bond acceptors (Lipinski definition) is 4. The van der Waals surface area contributed by atoms with E-state index in [2.05, 4.69) is 15.9 Å². The fraction of sp³-hybridized carbons (Fsp3) is 0.0741. The third-order valence-corrected chi connectivity index (χ3v) is 7.90. The molecule has 4 aromatic rings. The quantitative estimate of drug-likeness (QED) is 0.163. The zero-order valence-electron chi connectivity index (χ0n) is 18.9. The first-order valence-electron chi connectivity index (χ1n) is 11.0. The molecule has 0 N–H and O–H groups in total. The van der Waals surface area contributed by atoms with Gasteiger partial charge in [0.05, 0.1) is 18.0 Å². The van der Waals surface area contributed by atoms with Gasteiger partial charge in [-0.2, -0.15) is 0 Å². The second-order valence-electron chi connectivity index (χ2n) is 8.27. The number of amides is 2. The summed E-state index contributed by atoms with van der Waals surface area (Å²) in [5.41, 5.74) is 2.16. The molecule has 2 heterocycles. The van der Waals surface area contributed by atoms with Gasteiger partial charge in [-0.05, 0) is 72.4 Å². The van der Waals surface area contributed by atoms with E-state index in [9.17, 15) is 18.8 Å².